The maximum atomic E-state index is 12.1. The van der Waals surface area contributed by atoms with Gasteiger partial charge < -0.3 is 20.2 Å². The van der Waals surface area contributed by atoms with Gasteiger partial charge in [0.25, 0.3) is 5.91 Å². The van der Waals surface area contributed by atoms with Gasteiger partial charge in [-0.2, -0.15) is 0 Å². The van der Waals surface area contributed by atoms with Gasteiger partial charge in [-0.1, -0.05) is 0 Å². The Kier molecular flexibility index (Phi) is 3.86. The Hall–Kier alpha value is -1.56. The first-order chi connectivity index (χ1) is 8.61. The lowest BCUT2D eigenvalue weighted by atomic mass is 9.90. The number of aromatic nitrogens is 2. The van der Waals surface area contributed by atoms with Gasteiger partial charge in [-0.05, 0) is 32.7 Å². The molecule has 1 heterocycles. The van der Waals surface area contributed by atoms with Gasteiger partial charge in [0.2, 0.25) is 0 Å². The number of H-pyrrole nitrogens is 2. The number of amides is 1. The highest BCUT2D eigenvalue weighted by molar-refractivity contribution is 5.92. The van der Waals surface area contributed by atoms with Crippen LogP contribution in [0, 0.1) is 0 Å². The summed E-state index contributed by atoms with van der Waals surface area (Å²) in [4.78, 5) is 29.8. The van der Waals surface area contributed by atoms with Gasteiger partial charge in [-0.25, -0.2) is 4.79 Å². The first kappa shape index (κ1) is 12.9. The van der Waals surface area contributed by atoms with Crippen molar-refractivity contribution in [1.29, 1.82) is 0 Å². The summed E-state index contributed by atoms with van der Waals surface area (Å²) in [5, 5.41) is 3.27. The quantitative estimate of drug-likeness (QED) is 0.724. The minimum Gasteiger partial charge on any atom is -0.337 e. The van der Waals surface area contributed by atoms with Crippen LogP contribution in [0.3, 0.4) is 0 Å². The molecule has 0 radical (unpaired) electrons. The van der Waals surface area contributed by atoms with Gasteiger partial charge in [0.1, 0.15) is 5.69 Å². The van der Waals surface area contributed by atoms with E-state index >= 15 is 0 Å². The molecular formula is C12H20N4O2. The van der Waals surface area contributed by atoms with Gasteiger partial charge in [0.05, 0.1) is 0 Å². The molecule has 18 heavy (non-hydrogen) atoms. The largest absolute Gasteiger partial charge is 0.337 e. The van der Waals surface area contributed by atoms with Crippen molar-refractivity contribution >= 4 is 5.91 Å². The molecule has 2 rings (SSSR count). The maximum Gasteiger partial charge on any atom is 0.323 e. The standard InChI is InChI=1S/C12H20N4O2/c1-13-8-3-5-9(6-4-8)16(2)11(17)10-7-14-12(18)15-10/h7-9,13H,3-6H2,1-2H3,(H2,14,15,18). The molecule has 1 aromatic heterocycles. The minimum atomic E-state index is -0.342. The number of hydrogen-bond donors (Lipinski definition) is 3. The number of carbonyl (C=O) groups is 1. The van der Waals surface area contributed by atoms with Crippen LogP contribution in [0.25, 0.3) is 0 Å². The number of carbonyl (C=O) groups excluding carboxylic acids is 1. The number of nitrogens with one attached hydrogen (secondary N) is 3. The Labute approximate surface area is 106 Å². The number of rotatable bonds is 3. The third kappa shape index (κ3) is 2.64. The number of nitrogens with zero attached hydrogens (tertiary/aromatic N) is 1. The number of hydrogen-bond acceptors (Lipinski definition) is 3. The highest BCUT2D eigenvalue weighted by atomic mass is 16.2. The molecule has 0 unspecified atom stereocenters. The Morgan fingerprint density at radius 3 is 2.56 bits per heavy atom. The van der Waals surface area contributed by atoms with E-state index in [1.54, 1.807) is 11.9 Å². The zero-order valence-electron chi connectivity index (χ0n) is 10.8. The smallest absolute Gasteiger partial charge is 0.323 e. The fraction of sp³-hybridized carbons (Fsp3) is 0.667. The summed E-state index contributed by atoms with van der Waals surface area (Å²) >= 11 is 0. The highest BCUT2D eigenvalue weighted by Crippen LogP contribution is 2.22. The summed E-state index contributed by atoms with van der Waals surface area (Å²) in [6.45, 7) is 0. The first-order valence-electron chi connectivity index (χ1n) is 6.34. The molecule has 0 aromatic carbocycles. The van der Waals surface area contributed by atoms with Crippen LogP contribution >= 0.6 is 0 Å². The predicted molar refractivity (Wildman–Crippen MR) is 68.6 cm³/mol. The van der Waals surface area contributed by atoms with Crippen molar-refractivity contribution in [3.05, 3.63) is 22.4 Å². The monoisotopic (exact) mass is 252 g/mol. The minimum absolute atomic E-state index is 0.124. The van der Waals surface area contributed by atoms with E-state index in [1.165, 1.54) is 6.20 Å². The van der Waals surface area contributed by atoms with Crippen LogP contribution in [0.4, 0.5) is 0 Å². The molecular weight excluding hydrogens is 232 g/mol. The van der Waals surface area contributed by atoms with Gasteiger partial charge in [-0.15, -0.1) is 0 Å². The molecule has 1 amide bonds. The Morgan fingerprint density at radius 1 is 1.39 bits per heavy atom. The first-order valence-corrected chi connectivity index (χ1v) is 6.34. The van der Waals surface area contributed by atoms with Gasteiger partial charge >= 0.3 is 5.69 Å². The summed E-state index contributed by atoms with van der Waals surface area (Å²) in [5.74, 6) is -0.124. The Morgan fingerprint density at radius 2 is 2.06 bits per heavy atom. The van der Waals surface area contributed by atoms with E-state index in [4.69, 9.17) is 0 Å². The van der Waals surface area contributed by atoms with Crippen molar-refractivity contribution in [2.45, 2.75) is 37.8 Å². The van der Waals surface area contributed by atoms with E-state index in [2.05, 4.69) is 15.3 Å². The second kappa shape index (κ2) is 5.39. The van der Waals surface area contributed by atoms with Crippen molar-refractivity contribution in [1.82, 2.24) is 20.2 Å². The van der Waals surface area contributed by atoms with Crippen LogP contribution in [-0.4, -0.2) is 47.0 Å². The zero-order valence-corrected chi connectivity index (χ0v) is 10.8. The number of imidazole rings is 1. The molecule has 0 saturated heterocycles. The average molecular weight is 252 g/mol. The Bertz CT molecular complexity index is 457. The van der Waals surface area contributed by atoms with E-state index in [0.717, 1.165) is 25.7 Å². The lowest BCUT2D eigenvalue weighted by Gasteiger charge is -2.34. The fourth-order valence-corrected chi connectivity index (χ4v) is 2.56. The lowest BCUT2D eigenvalue weighted by molar-refractivity contribution is 0.0680. The van der Waals surface area contributed by atoms with E-state index in [0.29, 0.717) is 11.7 Å². The van der Waals surface area contributed by atoms with Gasteiger partial charge in [0.15, 0.2) is 0 Å². The summed E-state index contributed by atoms with van der Waals surface area (Å²) in [6.07, 6.45) is 5.61. The maximum absolute atomic E-state index is 12.1. The summed E-state index contributed by atoms with van der Waals surface area (Å²) < 4.78 is 0. The zero-order chi connectivity index (χ0) is 13.1. The normalized spacial score (nSPS) is 23.9. The van der Waals surface area contributed by atoms with E-state index in [-0.39, 0.29) is 17.6 Å². The third-order valence-corrected chi connectivity index (χ3v) is 3.80. The van der Waals surface area contributed by atoms with Gasteiger partial charge in [-0.3, -0.25) is 4.79 Å². The highest BCUT2D eigenvalue weighted by Gasteiger charge is 2.26. The summed E-state index contributed by atoms with van der Waals surface area (Å²) in [6, 6.07) is 0.831. The molecule has 1 aromatic rings. The van der Waals surface area contributed by atoms with Crippen molar-refractivity contribution in [3.63, 3.8) is 0 Å². The molecule has 6 nitrogen and oxygen atoms in total. The van der Waals surface area contributed by atoms with Crippen LogP contribution in [0.1, 0.15) is 36.2 Å². The summed E-state index contributed by atoms with van der Waals surface area (Å²) in [7, 11) is 3.78. The van der Waals surface area contributed by atoms with Crippen molar-refractivity contribution < 1.29 is 4.79 Å². The van der Waals surface area contributed by atoms with E-state index in [1.807, 2.05) is 7.05 Å². The average Bonchev–Trinajstić information content (AvgIpc) is 2.84. The second-order valence-electron chi connectivity index (χ2n) is 4.87. The molecule has 3 N–H and O–H groups in total. The van der Waals surface area contributed by atoms with Crippen LogP contribution in [0.2, 0.25) is 0 Å². The van der Waals surface area contributed by atoms with Crippen molar-refractivity contribution in [2.75, 3.05) is 14.1 Å². The van der Waals surface area contributed by atoms with E-state index in [9.17, 15) is 9.59 Å². The van der Waals surface area contributed by atoms with Crippen molar-refractivity contribution in [3.8, 4) is 0 Å². The third-order valence-electron chi connectivity index (χ3n) is 3.80. The SMILES string of the molecule is CNC1CCC(N(C)C(=O)c2c[nH]c(=O)[nH]2)CC1. The predicted octanol–water partition coefficient (Wildman–Crippen LogP) is 0.306. The van der Waals surface area contributed by atoms with E-state index < -0.39 is 0 Å². The molecule has 0 spiro atoms. The molecule has 1 saturated carbocycles. The van der Waals surface area contributed by atoms with Crippen molar-refractivity contribution in [2.24, 2.45) is 0 Å². The van der Waals surface area contributed by atoms with Crippen LogP contribution in [0.15, 0.2) is 11.0 Å². The molecule has 0 atom stereocenters. The number of aromatic amines is 2. The summed E-state index contributed by atoms with van der Waals surface area (Å²) in [5.41, 5.74) is -0.0103. The van der Waals surface area contributed by atoms with Crippen LogP contribution in [-0.2, 0) is 0 Å². The van der Waals surface area contributed by atoms with Crippen LogP contribution in [0.5, 0.6) is 0 Å². The second-order valence-corrected chi connectivity index (χ2v) is 4.87. The topological polar surface area (TPSA) is 81.0 Å². The molecule has 1 fully saturated rings. The molecule has 6 heteroatoms. The fourth-order valence-electron chi connectivity index (χ4n) is 2.56. The molecule has 0 aliphatic heterocycles. The molecule has 1 aliphatic carbocycles. The van der Waals surface area contributed by atoms with Gasteiger partial charge in [0, 0.05) is 25.3 Å². The van der Waals surface area contributed by atoms with Crippen LogP contribution < -0.4 is 11.0 Å². The molecule has 1 aliphatic rings. The molecule has 100 valence electrons. The lowest BCUT2D eigenvalue weighted by Crippen LogP contribution is -2.42. The molecule has 0 bridgehead atoms. The Balaban J connectivity index is 1.97.